The number of hydrogen-bond donors (Lipinski definition) is 1. The molecule has 0 aliphatic heterocycles. The molecule has 1 N–H and O–H groups in total. The van der Waals surface area contributed by atoms with Gasteiger partial charge >= 0.3 is 0 Å². The van der Waals surface area contributed by atoms with E-state index in [0.29, 0.717) is 11.5 Å². The van der Waals surface area contributed by atoms with Crippen molar-refractivity contribution in [2.75, 3.05) is 7.05 Å². The van der Waals surface area contributed by atoms with Crippen LogP contribution in [0.1, 0.15) is 44.6 Å². The number of halogens is 1. The Kier molecular flexibility index (Phi) is 4.11. The summed E-state index contributed by atoms with van der Waals surface area (Å²) in [5.74, 6) is 0. The Labute approximate surface area is 110 Å². The molecule has 2 heteroatoms. The fourth-order valence-corrected chi connectivity index (χ4v) is 3.34. The van der Waals surface area contributed by atoms with Crippen molar-refractivity contribution in [3.63, 3.8) is 0 Å². The lowest BCUT2D eigenvalue weighted by atomic mass is 9.65. The van der Waals surface area contributed by atoms with Crippen LogP contribution in [0.3, 0.4) is 0 Å². The Balaban J connectivity index is 2.35. The first-order valence-corrected chi connectivity index (χ1v) is 7.00. The molecule has 0 amide bonds. The van der Waals surface area contributed by atoms with Gasteiger partial charge in [0.1, 0.15) is 0 Å². The predicted molar refractivity (Wildman–Crippen MR) is 74.7 cm³/mol. The molecule has 0 aromatic heterocycles. The molecule has 0 spiro atoms. The molecule has 1 fully saturated rings. The summed E-state index contributed by atoms with van der Waals surface area (Å²) in [4.78, 5) is 0. The van der Waals surface area contributed by atoms with Crippen molar-refractivity contribution in [2.24, 2.45) is 0 Å². The quantitative estimate of drug-likeness (QED) is 0.851. The van der Waals surface area contributed by atoms with Gasteiger partial charge in [-0.2, -0.15) is 0 Å². The Morgan fingerprint density at radius 3 is 2.24 bits per heavy atom. The second-order valence-corrected chi connectivity index (χ2v) is 5.67. The molecule has 0 heterocycles. The van der Waals surface area contributed by atoms with Gasteiger partial charge in [0.15, 0.2) is 0 Å². The molecule has 1 saturated carbocycles. The molecule has 94 valence electrons. The minimum atomic E-state index is 0.303. The van der Waals surface area contributed by atoms with Gasteiger partial charge in [0, 0.05) is 16.5 Å². The first kappa shape index (κ1) is 12.9. The van der Waals surface area contributed by atoms with Gasteiger partial charge in [-0.15, -0.1) is 0 Å². The summed E-state index contributed by atoms with van der Waals surface area (Å²) >= 11 is 5.99. The molecule has 1 aromatic carbocycles. The molecule has 1 unspecified atom stereocenters. The molecule has 1 aromatic rings. The fraction of sp³-hybridized carbons (Fsp3) is 0.600. The van der Waals surface area contributed by atoms with Crippen LogP contribution in [0.15, 0.2) is 24.3 Å². The molecule has 0 bridgehead atoms. The van der Waals surface area contributed by atoms with Gasteiger partial charge < -0.3 is 5.32 Å². The van der Waals surface area contributed by atoms with Gasteiger partial charge in [-0.25, -0.2) is 0 Å². The lowest BCUT2D eigenvalue weighted by Gasteiger charge is -2.43. The standard InChI is InChI=1S/C15H22ClN/c1-12(17-2)15(10-4-3-5-11-15)13-6-8-14(16)9-7-13/h6-9,12,17H,3-5,10-11H2,1-2H3. The van der Waals surface area contributed by atoms with E-state index in [1.54, 1.807) is 0 Å². The van der Waals surface area contributed by atoms with Crippen molar-refractivity contribution < 1.29 is 0 Å². The maximum absolute atomic E-state index is 5.99. The summed E-state index contributed by atoms with van der Waals surface area (Å²) in [6.45, 7) is 2.31. The highest BCUT2D eigenvalue weighted by atomic mass is 35.5. The molecule has 17 heavy (non-hydrogen) atoms. The van der Waals surface area contributed by atoms with E-state index in [-0.39, 0.29) is 0 Å². The van der Waals surface area contributed by atoms with Crippen molar-refractivity contribution in [2.45, 2.75) is 50.5 Å². The van der Waals surface area contributed by atoms with Gasteiger partial charge in [-0.1, -0.05) is 43.0 Å². The first-order valence-electron chi connectivity index (χ1n) is 6.62. The predicted octanol–water partition coefficient (Wildman–Crippen LogP) is 4.15. The first-order chi connectivity index (χ1) is 8.19. The van der Waals surface area contributed by atoms with E-state index in [4.69, 9.17) is 11.6 Å². The summed E-state index contributed by atoms with van der Waals surface area (Å²) in [6, 6.07) is 8.98. The van der Waals surface area contributed by atoms with E-state index < -0.39 is 0 Å². The molecular formula is C15H22ClN. The number of benzene rings is 1. The van der Waals surface area contributed by atoms with E-state index in [0.717, 1.165) is 5.02 Å². The van der Waals surface area contributed by atoms with Gasteiger partial charge in [0.05, 0.1) is 0 Å². The molecule has 2 rings (SSSR count). The van der Waals surface area contributed by atoms with Gasteiger partial charge in [0.2, 0.25) is 0 Å². The molecule has 0 radical (unpaired) electrons. The Morgan fingerprint density at radius 2 is 1.71 bits per heavy atom. The Hall–Kier alpha value is -0.530. The maximum Gasteiger partial charge on any atom is 0.0406 e. The van der Waals surface area contributed by atoms with Crippen LogP contribution in [0.5, 0.6) is 0 Å². The van der Waals surface area contributed by atoms with Gasteiger partial charge in [0.25, 0.3) is 0 Å². The molecule has 1 aliphatic rings. The summed E-state index contributed by atoms with van der Waals surface area (Å²) in [5.41, 5.74) is 1.75. The third-order valence-corrected chi connectivity index (χ3v) is 4.68. The van der Waals surface area contributed by atoms with E-state index in [2.05, 4.69) is 31.4 Å². The van der Waals surface area contributed by atoms with Crippen molar-refractivity contribution in [3.05, 3.63) is 34.9 Å². The SMILES string of the molecule is CNC(C)C1(c2ccc(Cl)cc2)CCCCC1. The van der Waals surface area contributed by atoms with Crippen molar-refractivity contribution in [1.29, 1.82) is 0 Å². The largest absolute Gasteiger partial charge is 0.316 e. The minimum Gasteiger partial charge on any atom is -0.316 e. The summed E-state index contributed by atoms with van der Waals surface area (Å²) in [7, 11) is 2.07. The van der Waals surface area contributed by atoms with Gasteiger partial charge in [-0.05, 0) is 44.5 Å². The second kappa shape index (κ2) is 5.41. The van der Waals surface area contributed by atoms with Crippen LogP contribution >= 0.6 is 11.6 Å². The van der Waals surface area contributed by atoms with E-state index in [1.807, 2.05) is 12.1 Å². The topological polar surface area (TPSA) is 12.0 Å². The van der Waals surface area contributed by atoms with Crippen LogP contribution in [0.2, 0.25) is 5.02 Å². The van der Waals surface area contributed by atoms with Gasteiger partial charge in [-0.3, -0.25) is 0 Å². The zero-order valence-electron chi connectivity index (χ0n) is 10.8. The highest BCUT2D eigenvalue weighted by molar-refractivity contribution is 6.30. The number of rotatable bonds is 3. The highest BCUT2D eigenvalue weighted by Crippen LogP contribution is 2.42. The molecule has 0 saturated heterocycles. The minimum absolute atomic E-state index is 0.303. The third kappa shape index (κ3) is 2.51. The third-order valence-electron chi connectivity index (χ3n) is 4.43. The smallest absolute Gasteiger partial charge is 0.0406 e. The van der Waals surface area contributed by atoms with Crippen molar-refractivity contribution in [3.8, 4) is 0 Å². The lowest BCUT2D eigenvalue weighted by molar-refractivity contribution is 0.231. The lowest BCUT2D eigenvalue weighted by Crippen LogP contribution is -2.46. The monoisotopic (exact) mass is 251 g/mol. The summed E-state index contributed by atoms with van der Waals surface area (Å²) in [6.07, 6.45) is 6.64. The fourth-order valence-electron chi connectivity index (χ4n) is 3.21. The molecule has 1 atom stereocenters. The number of hydrogen-bond acceptors (Lipinski definition) is 1. The molecule has 1 aliphatic carbocycles. The van der Waals surface area contributed by atoms with Crippen molar-refractivity contribution >= 4 is 11.6 Å². The Morgan fingerprint density at radius 1 is 1.12 bits per heavy atom. The summed E-state index contributed by atoms with van der Waals surface area (Å²) < 4.78 is 0. The summed E-state index contributed by atoms with van der Waals surface area (Å²) in [5, 5.41) is 4.29. The van der Waals surface area contributed by atoms with E-state index >= 15 is 0 Å². The average molecular weight is 252 g/mol. The molecular weight excluding hydrogens is 230 g/mol. The van der Waals surface area contributed by atoms with Crippen LogP contribution in [0, 0.1) is 0 Å². The zero-order chi connectivity index (χ0) is 12.3. The Bertz CT molecular complexity index is 352. The van der Waals surface area contributed by atoms with E-state index in [1.165, 1.54) is 37.7 Å². The normalized spacial score (nSPS) is 21.1. The highest BCUT2D eigenvalue weighted by Gasteiger charge is 2.38. The average Bonchev–Trinajstić information content (AvgIpc) is 2.39. The maximum atomic E-state index is 5.99. The zero-order valence-corrected chi connectivity index (χ0v) is 11.6. The van der Waals surface area contributed by atoms with Crippen LogP contribution in [0.4, 0.5) is 0 Å². The molecule has 1 nitrogen and oxygen atoms in total. The van der Waals surface area contributed by atoms with Crippen LogP contribution in [-0.4, -0.2) is 13.1 Å². The van der Waals surface area contributed by atoms with Crippen LogP contribution in [0.25, 0.3) is 0 Å². The second-order valence-electron chi connectivity index (χ2n) is 5.23. The number of likely N-dealkylation sites (N-methyl/N-ethyl adjacent to an activating group) is 1. The van der Waals surface area contributed by atoms with Crippen LogP contribution in [-0.2, 0) is 5.41 Å². The number of nitrogens with one attached hydrogen (secondary N) is 1. The van der Waals surface area contributed by atoms with Crippen molar-refractivity contribution in [1.82, 2.24) is 5.32 Å². The van der Waals surface area contributed by atoms with Crippen LogP contribution < -0.4 is 5.32 Å². The van der Waals surface area contributed by atoms with E-state index in [9.17, 15) is 0 Å².